The highest BCUT2D eigenvalue weighted by atomic mass is 19.4. The van der Waals surface area contributed by atoms with Crippen LogP contribution in [0.15, 0.2) is 97.1 Å². The van der Waals surface area contributed by atoms with Crippen LogP contribution in [0.5, 0.6) is 0 Å². The minimum Gasteiger partial charge on any atom is -0.381 e. The molecule has 0 heterocycles. The first kappa shape index (κ1) is 26.8. The maximum absolute atomic E-state index is 12.8. The number of nitrogens with one attached hydrogen (secondary N) is 2. The third-order valence-corrected chi connectivity index (χ3v) is 5.85. The van der Waals surface area contributed by atoms with E-state index in [1.807, 2.05) is 0 Å². The molecule has 9 heteroatoms. The number of anilines is 2. The zero-order chi connectivity index (χ0) is 27.3. The Hall–Kier alpha value is -4.27. The number of carbonyl (C=O) groups excluding carboxylic acids is 1. The second-order valence-corrected chi connectivity index (χ2v) is 8.58. The molecule has 4 rings (SSSR count). The highest BCUT2D eigenvalue weighted by Crippen LogP contribution is 2.31. The summed E-state index contributed by atoms with van der Waals surface area (Å²) in [6, 6.07) is 23.3. The smallest absolute Gasteiger partial charge is 0.381 e. The molecule has 0 amide bonds. The lowest BCUT2D eigenvalue weighted by molar-refractivity contribution is -0.138. The van der Waals surface area contributed by atoms with E-state index in [4.69, 9.17) is 0 Å². The summed E-state index contributed by atoms with van der Waals surface area (Å²) in [5, 5.41) is 6.10. The standard InChI is InChI=1S/C29H22F6N2O/c30-28(31,32)23-9-13-25(14-10-23)36-17-19-1-5-21(6-2-19)27(38)22-7-3-20(4-8-22)18-37-26-15-11-24(12-16-26)29(33,34)35/h1-16,36-37H,17-18H2. The summed E-state index contributed by atoms with van der Waals surface area (Å²) in [6.45, 7) is 0.751. The molecule has 0 bridgehead atoms. The second kappa shape index (κ2) is 11.0. The Labute approximate surface area is 215 Å². The zero-order valence-corrected chi connectivity index (χ0v) is 19.8. The molecule has 0 atom stereocenters. The zero-order valence-electron chi connectivity index (χ0n) is 19.8. The number of alkyl halides is 6. The lowest BCUT2D eigenvalue weighted by Gasteiger charge is -2.10. The van der Waals surface area contributed by atoms with Crippen molar-refractivity contribution in [2.24, 2.45) is 0 Å². The van der Waals surface area contributed by atoms with Gasteiger partial charge in [0.25, 0.3) is 0 Å². The van der Waals surface area contributed by atoms with Crippen LogP contribution in [0.1, 0.15) is 38.2 Å². The van der Waals surface area contributed by atoms with Crippen LogP contribution in [0.4, 0.5) is 37.7 Å². The molecule has 0 fully saturated rings. The van der Waals surface area contributed by atoms with E-state index < -0.39 is 23.5 Å². The van der Waals surface area contributed by atoms with Gasteiger partial charge in [0.1, 0.15) is 0 Å². The summed E-state index contributed by atoms with van der Waals surface area (Å²) in [5.41, 5.74) is 2.34. The van der Waals surface area contributed by atoms with Gasteiger partial charge in [-0.05, 0) is 59.7 Å². The first-order valence-electron chi connectivity index (χ1n) is 11.5. The van der Waals surface area contributed by atoms with Crippen molar-refractivity contribution in [3.8, 4) is 0 Å². The van der Waals surface area contributed by atoms with Crippen molar-refractivity contribution in [3.63, 3.8) is 0 Å². The van der Waals surface area contributed by atoms with E-state index in [1.165, 1.54) is 24.3 Å². The van der Waals surface area contributed by atoms with Gasteiger partial charge in [-0.25, -0.2) is 0 Å². The van der Waals surface area contributed by atoms with Crippen molar-refractivity contribution in [3.05, 3.63) is 130 Å². The molecular formula is C29H22F6N2O. The fraction of sp³-hybridized carbons (Fsp3) is 0.138. The van der Waals surface area contributed by atoms with Crippen molar-refractivity contribution < 1.29 is 31.1 Å². The van der Waals surface area contributed by atoms with Gasteiger partial charge in [-0.15, -0.1) is 0 Å². The molecule has 0 radical (unpaired) electrons. The summed E-state index contributed by atoms with van der Waals surface area (Å²) in [5.74, 6) is -0.172. The van der Waals surface area contributed by atoms with Crippen molar-refractivity contribution >= 4 is 17.2 Å². The van der Waals surface area contributed by atoms with E-state index in [1.54, 1.807) is 48.5 Å². The van der Waals surface area contributed by atoms with Gasteiger partial charge >= 0.3 is 12.4 Å². The summed E-state index contributed by atoms with van der Waals surface area (Å²) in [6.07, 6.45) is -8.76. The van der Waals surface area contributed by atoms with Gasteiger partial charge < -0.3 is 10.6 Å². The summed E-state index contributed by atoms with van der Waals surface area (Å²) in [7, 11) is 0. The molecule has 4 aromatic rings. The molecule has 0 unspecified atom stereocenters. The Morgan fingerprint density at radius 2 is 0.816 bits per heavy atom. The van der Waals surface area contributed by atoms with Gasteiger partial charge in [0, 0.05) is 35.6 Å². The molecule has 38 heavy (non-hydrogen) atoms. The predicted molar refractivity (Wildman–Crippen MR) is 134 cm³/mol. The van der Waals surface area contributed by atoms with Gasteiger partial charge in [-0.2, -0.15) is 26.3 Å². The second-order valence-electron chi connectivity index (χ2n) is 8.58. The normalized spacial score (nSPS) is 11.7. The van der Waals surface area contributed by atoms with Crippen molar-refractivity contribution in [2.45, 2.75) is 25.4 Å². The Kier molecular flexibility index (Phi) is 7.75. The van der Waals surface area contributed by atoms with E-state index >= 15 is 0 Å². The molecule has 4 aromatic carbocycles. The van der Waals surface area contributed by atoms with Crippen LogP contribution in [0, 0.1) is 0 Å². The average molecular weight is 528 g/mol. The minimum absolute atomic E-state index is 0.172. The first-order valence-corrected chi connectivity index (χ1v) is 11.5. The predicted octanol–water partition coefficient (Wildman–Crippen LogP) is 8.18. The van der Waals surface area contributed by atoms with Gasteiger partial charge in [0.15, 0.2) is 5.78 Å². The summed E-state index contributed by atoms with van der Waals surface area (Å²) >= 11 is 0. The van der Waals surface area contributed by atoms with E-state index in [-0.39, 0.29) is 5.78 Å². The molecule has 0 saturated carbocycles. The van der Waals surface area contributed by atoms with E-state index in [9.17, 15) is 31.1 Å². The number of hydrogen-bond donors (Lipinski definition) is 2. The fourth-order valence-corrected chi connectivity index (χ4v) is 3.68. The SMILES string of the molecule is O=C(c1ccc(CNc2ccc(C(F)(F)F)cc2)cc1)c1ccc(CNc2ccc(C(F)(F)F)cc2)cc1. The highest BCUT2D eigenvalue weighted by molar-refractivity contribution is 6.09. The third-order valence-electron chi connectivity index (χ3n) is 5.85. The van der Waals surface area contributed by atoms with Crippen molar-refractivity contribution in [1.29, 1.82) is 0 Å². The van der Waals surface area contributed by atoms with E-state index in [2.05, 4.69) is 10.6 Å². The highest BCUT2D eigenvalue weighted by Gasteiger charge is 2.30. The topological polar surface area (TPSA) is 41.1 Å². The Balaban J connectivity index is 1.30. The summed E-state index contributed by atoms with van der Waals surface area (Å²) < 4.78 is 76.1. The Bertz CT molecular complexity index is 1250. The van der Waals surface area contributed by atoms with Crippen molar-refractivity contribution in [1.82, 2.24) is 0 Å². The molecule has 0 aromatic heterocycles. The van der Waals surface area contributed by atoms with Crippen LogP contribution in [0.2, 0.25) is 0 Å². The largest absolute Gasteiger partial charge is 0.416 e. The van der Waals surface area contributed by atoms with Crippen LogP contribution < -0.4 is 10.6 Å². The maximum Gasteiger partial charge on any atom is 0.416 e. The van der Waals surface area contributed by atoms with Crippen LogP contribution >= 0.6 is 0 Å². The fourth-order valence-electron chi connectivity index (χ4n) is 3.68. The number of rotatable bonds is 8. The van der Waals surface area contributed by atoms with Gasteiger partial charge in [-0.1, -0.05) is 48.5 Å². The van der Waals surface area contributed by atoms with Crippen LogP contribution in [-0.2, 0) is 25.4 Å². The quantitative estimate of drug-likeness (QED) is 0.179. The number of ketones is 1. The lowest BCUT2D eigenvalue weighted by Crippen LogP contribution is -2.06. The van der Waals surface area contributed by atoms with E-state index in [0.29, 0.717) is 35.6 Å². The van der Waals surface area contributed by atoms with E-state index in [0.717, 1.165) is 35.4 Å². The molecule has 0 spiro atoms. The Morgan fingerprint density at radius 3 is 1.11 bits per heavy atom. The number of benzene rings is 4. The number of hydrogen-bond acceptors (Lipinski definition) is 3. The molecule has 0 saturated heterocycles. The average Bonchev–Trinajstić information content (AvgIpc) is 2.90. The van der Waals surface area contributed by atoms with Gasteiger partial charge in [0.2, 0.25) is 0 Å². The van der Waals surface area contributed by atoms with Gasteiger partial charge in [0.05, 0.1) is 11.1 Å². The molecule has 0 aliphatic carbocycles. The molecule has 0 aliphatic heterocycles. The van der Waals surface area contributed by atoms with Crippen LogP contribution in [0.3, 0.4) is 0 Å². The molecular weight excluding hydrogens is 506 g/mol. The molecule has 196 valence electrons. The molecule has 2 N–H and O–H groups in total. The first-order chi connectivity index (χ1) is 18.0. The van der Waals surface area contributed by atoms with Crippen LogP contribution in [0.25, 0.3) is 0 Å². The number of halogens is 6. The Morgan fingerprint density at radius 1 is 0.500 bits per heavy atom. The van der Waals surface area contributed by atoms with Gasteiger partial charge in [-0.3, -0.25) is 4.79 Å². The monoisotopic (exact) mass is 528 g/mol. The molecule has 3 nitrogen and oxygen atoms in total. The maximum atomic E-state index is 12.8. The summed E-state index contributed by atoms with van der Waals surface area (Å²) in [4.78, 5) is 12.8. The van der Waals surface area contributed by atoms with Crippen molar-refractivity contribution in [2.75, 3.05) is 10.6 Å². The van der Waals surface area contributed by atoms with Crippen LogP contribution in [-0.4, -0.2) is 5.78 Å². The minimum atomic E-state index is -4.38. The lowest BCUT2D eigenvalue weighted by atomic mass is 10.0. The number of carbonyl (C=O) groups is 1. The molecule has 0 aliphatic rings. The third kappa shape index (κ3) is 6.94.